The smallest absolute Gasteiger partial charge is 0.287 e. The number of alkyl halides is 2. The van der Waals surface area contributed by atoms with Gasteiger partial charge in [-0.3, -0.25) is 4.79 Å². The van der Waals surface area contributed by atoms with E-state index in [9.17, 15) is 13.6 Å². The van der Waals surface area contributed by atoms with Gasteiger partial charge < -0.3 is 4.90 Å². The molecule has 0 aliphatic carbocycles. The van der Waals surface area contributed by atoms with Crippen LogP contribution >= 0.6 is 23.2 Å². The van der Waals surface area contributed by atoms with Gasteiger partial charge >= 0.3 is 0 Å². The average Bonchev–Trinajstić information content (AvgIpc) is 2.62. The quantitative estimate of drug-likeness (QED) is 0.577. The minimum Gasteiger partial charge on any atom is -0.332 e. The van der Waals surface area contributed by atoms with E-state index in [1.807, 2.05) is 0 Å². The van der Waals surface area contributed by atoms with Crippen LogP contribution in [0.5, 0.6) is 0 Å². The van der Waals surface area contributed by atoms with Crippen LogP contribution in [0.1, 0.15) is 22.3 Å². The minimum absolute atomic E-state index is 0.0591. The molecule has 0 aromatic heterocycles. The van der Waals surface area contributed by atoms with Crippen molar-refractivity contribution in [2.45, 2.75) is 12.3 Å². The Morgan fingerprint density at radius 3 is 2.48 bits per heavy atom. The summed E-state index contributed by atoms with van der Waals surface area (Å²) in [6.07, 6.45) is 1.30. The topological polar surface area (TPSA) is 20.3 Å². The fourth-order valence-electron chi connectivity index (χ4n) is 2.79. The Balaban J connectivity index is 1.73. The average molecular weight is 406 g/mol. The van der Waals surface area contributed by atoms with Gasteiger partial charge in [0.05, 0.1) is 6.54 Å². The van der Waals surface area contributed by atoms with E-state index in [4.69, 9.17) is 23.2 Å². The first-order valence-corrected chi connectivity index (χ1v) is 9.00. The molecule has 0 spiro atoms. The number of carbonyl (C=O) groups is 1. The molecule has 1 amide bonds. The number of rotatable bonds is 1. The van der Waals surface area contributed by atoms with E-state index in [2.05, 4.69) is 11.8 Å². The maximum absolute atomic E-state index is 14.5. The molecule has 6 heteroatoms. The summed E-state index contributed by atoms with van der Waals surface area (Å²) in [6.45, 7) is -0.478. The van der Waals surface area contributed by atoms with E-state index in [1.54, 1.807) is 42.5 Å². The molecule has 27 heavy (non-hydrogen) atoms. The summed E-state index contributed by atoms with van der Waals surface area (Å²) in [7, 11) is 0. The van der Waals surface area contributed by atoms with Crippen LogP contribution in [0.3, 0.4) is 0 Å². The van der Waals surface area contributed by atoms with Crippen molar-refractivity contribution in [1.82, 2.24) is 4.90 Å². The third-order valence-electron chi connectivity index (χ3n) is 4.16. The van der Waals surface area contributed by atoms with Crippen LogP contribution in [0, 0.1) is 11.8 Å². The fourth-order valence-corrected chi connectivity index (χ4v) is 3.17. The number of halogens is 4. The maximum atomic E-state index is 14.5. The van der Waals surface area contributed by atoms with Gasteiger partial charge in [-0.1, -0.05) is 47.2 Å². The van der Waals surface area contributed by atoms with Crippen LogP contribution in [-0.4, -0.2) is 29.8 Å². The van der Waals surface area contributed by atoms with Gasteiger partial charge in [-0.05, 0) is 48.9 Å². The third kappa shape index (κ3) is 4.88. The number of hydrogen-bond acceptors (Lipinski definition) is 1. The van der Waals surface area contributed by atoms with Gasteiger partial charge in [0.2, 0.25) is 0 Å². The van der Waals surface area contributed by atoms with Gasteiger partial charge in [0.15, 0.2) is 0 Å². The van der Waals surface area contributed by atoms with Gasteiger partial charge in [0.1, 0.15) is 0 Å². The number of allylic oxidation sites excluding steroid dienone is 1. The van der Waals surface area contributed by atoms with E-state index in [-0.39, 0.29) is 18.5 Å². The number of nitrogens with zero attached hydrogens (tertiary/aromatic N) is 1. The molecule has 2 aromatic carbocycles. The van der Waals surface area contributed by atoms with Crippen LogP contribution < -0.4 is 0 Å². The van der Waals surface area contributed by atoms with Crippen molar-refractivity contribution in [3.05, 3.63) is 81.4 Å². The van der Waals surface area contributed by atoms with E-state index < -0.39 is 18.4 Å². The Labute approximate surface area is 166 Å². The molecule has 0 unspecified atom stereocenters. The van der Waals surface area contributed by atoms with Gasteiger partial charge in [-0.25, -0.2) is 0 Å². The van der Waals surface area contributed by atoms with Crippen molar-refractivity contribution in [1.29, 1.82) is 0 Å². The van der Waals surface area contributed by atoms with Crippen LogP contribution in [0.4, 0.5) is 8.78 Å². The molecular formula is C21H15Cl2F2NO. The summed E-state index contributed by atoms with van der Waals surface area (Å²) in [5.41, 5.74) is 0.870. The zero-order valence-electron chi connectivity index (χ0n) is 14.2. The zero-order valence-corrected chi connectivity index (χ0v) is 15.7. The van der Waals surface area contributed by atoms with Crippen LogP contribution in [-0.2, 0) is 0 Å². The molecule has 1 fully saturated rings. The normalized spacial score (nSPS) is 17.3. The molecule has 2 nitrogen and oxygen atoms in total. The van der Waals surface area contributed by atoms with E-state index in [1.165, 1.54) is 12.1 Å². The fraction of sp³-hybridized carbons (Fsp3) is 0.190. The van der Waals surface area contributed by atoms with Gasteiger partial charge in [0, 0.05) is 33.3 Å². The molecule has 0 radical (unpaired) electrons. The van der Waals surface area contributed by atoms with Crippen LogP contribution in [0.15, 0.2) is 60.2 Å². The highest BCUT2D eigenvalue weighted by Gasteiger charge is 2.41. The Morgan fingerprint density at radius 1 is 1.11 bits per heavy atom. The Hall–Kier alpha value is -2.35. The monoisotopic (exact) mass is 405 g/mol. The standard InChI is InChI=1S/C21H15Cl2F2NO/c22-18-8-2-5-15(12-18)4-1-7-17-10-11-26(14-21(17,24)25)20(27)16-6-3-9-19(23)13-16/h2-3,5-9,12-13H,10-11,14H2/b17-7+. The van der Waals surface area contributed by atoms with Gasteiger partial charge in [0.25, 0.3) is 11.8 Å². The second-order valence-corrected chi connectivity index (χ2v) is 7.01. The number of piperidine rings is 1. The molecule has 0 N–H and O–H groups in total. The highest BCUT2D eigenvalue weighted by atomic mass is 35.5. The van der Waals surface area contributed by atoms with Crippen molar-refractivity contribution in [2.24, 2.45) is 0 Å². The van der Waals surface area contributed by atoms with Crippen molar-refractivity contribution in [3.8, 4) is 11.8 Å². The molecule has 2 aromatic rings. The lowest BCUT2D eigenvalue weighted by Crippen LogP contribution is -2.47. The highest BCUT2D eigenvalue weighted by Crippen LogP contribution is 2.33. The molecule has 0 atom stereocenters. The molecule has 1 saturated heterocycles. The van der Waals surface area contributed by atoms with Crippen LogP contribution in [0.2, 0.25) is 10.0 Å². The predicted octanol–water partition coefficient (Wildman–Crippen LogP) is 5.45. The second kappa shape index (κ2) is 8.12. The van der Waals surface area contributed by atoms with E-state index >= 15 is 0 Å². The van der Waals surface area contributed by atoms with E-state index in [0.717, 1.165) is 4.90 Å². The molecule has 0 bridgehead atoms. The third-order valence-corrected chi connectivity index (χ3v) is 4.63. The lowest BCUT2D eigenvalue weighted by atomic mass is 9.98. The molecule has 0 saturated carbocycles. The first-order valence-electron chi connectivity index (χ1n) is 8.24. The lowest BCUT2D eigenvalue weighted by molar-refractivity contribution is -0.0140. The molecule has 138 valence electrons. The SMILES string of the molecule is O=C(c1cccc(Cl)c1)N1CC/C(=C\C#Cc2cccc(Cl)c2)C(F)(F)C1. The zero-order chi connectivity index (χ0) is 19.4. The Kier molecular flexibility index (Phi) is 5.84. The summed E-state index contributed by atoms with van der Waals surface area (Å²) in [4.78, 5) is 13.6. The van der Waals surface area contributed by atoms with E-state index in [0.29, 0.717) is 21.2 Å². The molecule has 1 heterocycles. The van der Waals surface area contributed by atoms with Gasteiger partial charge in [-0.2, -0.15) is 8.78 Å². The number of likely N-dealkylation sites (tertiary alicyclic amines) is 1. The Bertz CT molecular complexity index is 960. The summed E-state index contributed by atoms with van der Waals surface area (Å²) in [5.74, 6) is 1.88. The number of benzene rings is 2. The van der Waals surface area contributed by atoms with Crippen molar-refractivity contribution in [2.75, 3.05) is 13.1 Å². The molecular weight excluding hydrogens is 391 g/mol. The summed E-state index contributed by atoms with van der Waals surface area (Å²) in [5, 5.41) is 0.925. The molecule has 3 rings (SSSR count). The predicted molar refractivity (Wildman–Crippen MR) is 103 cm³/mol. The molecule has 1 aliphatic heterocycles. The van der Waals surface area contributed by atoms with Crippen molar-refractivity contribution in [3.63, 3.8) is 0 Å². The first kappa shape index (κ1) is 19.4. The minimum atomic E-state index is -3.13. The number of carbonyl (C=O) groups excluding carboxylic acids is 1. The van der Waals surface area contributed by atoms with Crippen LogP contribution in [0.25, 0.3) is 0 Å². The summed E-state index contributed by atoms with van der Waals surface area (Å²) >= 11 is 11.7. The highest BCUT2D eigenvalue weighted by molar-refractivity contribution is 6.31. The molecule has 1 aliphatic rings. The second-order valence-electron chi connectivity index (χ2n) is 6.14. The Morgan fingerprint density at radius 2 is 1.81 bits per heavy atom. The maximum Gasteiger partial charge on any atom is 0.287 e. The largest absolute Gasteiger partial charge is 0.332 e. The van der Waals surface area contributed by atoms with Crippen molar-refractivity contribution >= 4 is 29.1 Å². The first-order chi connectivity index (χ1) is 12.8. The van der Waals surface area contributed by atoms with Gasteiger partial charge in [-0.15, -0.1) is 0 Å². The summed E-state index contributed by atoms with van der Waals surface area (Å²) < 4.78 is 29.0. The summed E-state index contributed by atoms with van der Waals surface area (Å²) in [6, 6.07) is 13.2. The lowest BCUT2D eigenvalue weighted by Gasteiger charge is -2.34. The van der Waals surface area contributed by atoms with Crippen molar-refractivity contribution < 1.29 is 13.6 Å². The number of hydrogen-bond donors (Lipinski definition) is 0. The number of amides is 1.